The van der Waals surface area contributed by atoms with E-state index >= 15 is 0 Å². The van der Waals surface area contributed by atoms with E-state index in [0.717, 1.165) is 21.5 Å². The Bertz CT molecular complexity index is 552. The van der Waals surface area contributed by atoms with Crippen molar-refractivity contribution >= 4 is 33.2 Å². The fraction of sp³-hybridized carbons (Fsp3) is 0.143. The lowest BCUT2D eigenvalue weighted by Gasteiger charge is -2.07. The van der Waals surface area contributed by atoms with E-state index < -0.39 is 0 Å². The summed E-state index contributed by atoms with van der Waals surface area (Å²) in [5.41, 5.74) is 2.91. The van der Waals surface area contributed by atoms with Crippen molar-refractivity contribution < 1.29 is 4.79 Å². The molecule has 0 saturated carbocycles. The fourth-order valence-electron chi connectivity index (χ4n) is 1.59. The summed E-state index contributed by atoms with van der Waals surface area (Å²) in [6, 6.07) is 11.6. The van der Waals surface area contributed by atoms with Gasteiger partial charge in [0.15, 0.2) is 0 Å². The van der Waals surface area contributed by atoms with Crippen LogP contribution >= 0.6 is 15.9 Å². The van der Waals surface area contributed by atoms with Gasteiger partial charge >= 0.3 is 0 Å². The number of carbonyl (C=O) groups excluding carboxylic acids is 1. The van der Waals surface area contributed by atoms with Gasteiger partial charge in [-0.15, -0.1) is 0 Å². The molecule has 0 unspecified atom stereocenters. The maximum absolute atomic E-state index is 10.9. The predicted octanol–water partition coefficient (Wildman–Crippen LogP) is 3.41. The molecule has 0 aliphatic carbocycles. The number of amides is 1. The molecule has 0 spiro atoms. The molecule has 2 rings (SSSR count). The van der Waals surface area contributed by atoms with Crippen molar-refractivity contribution in [1.82, 2.24) is 4.98 Å². The topological polar surface area (TPSA) is 54.0 Å². The van der Waals surface area contributed by atoms with Gasteiger partial charge in [-0.1, -0.05) is 12.1 Å². The molecule has 1 aromatic heterocycles. The third kappa shape index (κ3) is 4.37. The number of benzene rings is 1. The van der Waals surface area contributed by atoms with Crippen LogP contribution in [-0.4, -0.2) is 10.9 Å². The minimum atomic E-state index is -0.0631. The highest BCUT2D eigenvalue weighted by atomic mass is 79.9. The Morgan fingerprint density at radius 2 is 1.84 bits per heavy atom. The summed E-state index contributed by atoms with van der Waals surface area (Å²) in [6.45, 7) is 2.21. The number of rotatable bonds is 4. The van der Waals surface area contributed by atoms with Gasteiger partial charge in [-0.05, 0) is 45.8 Å². The Hall–Kier alpha value is -1.88. The Morgan fingerprint density at radius 1 is 1.16 bits per heavy atom. The number of aromatic nitrogens is 1. The van der Waals surface area contributed by atoms with E-state index in [9.17, 15) is 4.79 Å². The SMILES string of the molecule is CC(=O)Nc1ccc(CNc2ccc(Br)nc2)cc1. The first-order valence-corrected chi connectivity index (χ1v) is 6.65. The third-order valence-electron chi connectivity index (χ3n) is 2.50. The Balaban J connectivity index is 1.92. The average Bonchev–Trinajstić information content (AvgIpc) is 2.39. The normalized spacial score (nSPS) is 10.0. The summed E-state index contributed by atoms with van der Waals surface area (Å²) in [4.78, 5) is 15.0. The van der Waals surface area contributed by atoms with Crippen LogP contribution in [0.5, 0.6) is 0 Å². The van der Waals surface area contributed by atoms with Gasteiger partial charge in [0.05, 0.1) is 11.9 Å². The van der Waals surface area contributed by atoms with Crippen molar-refractivity contribution in [1.29, 1.82) is 0 Å². The Morgan fingerprint density at radius 3 is 2.42 bits per heavy atom. The average molecular weight is 320 g/mol. The first-order valence-electron chi connectivity index (χ1n) is 5.85. The number of hydrogen-bond donors (Lipinski definition) is 2. The summed E-state index contributed by atoms with van der Waals surface area (Å²) in [5, 5.41) is 6.02. The van der Waals surface area contributed by atoms with Crippen LogP contribution in [0.2, 0.25) is 0 Å². The molecule has 0 atom stereocenters. The number of nitrogens with one attached hydrogen (secondary N) is 2. The van der Waals surface area contributed by atoms with E-state index in [2.05, 4.69) is 31.5 Å². The van der Waals surface area contributed by atoms with Crippen LogP contribution in [0.25, 0.3) is 0 Å². The molecule has 4 nitrogen and oxygen atoms in total. The number of anilines is 2. The lowest BCUT2D eigenvalue weighted by atomic mass is 10.2. The molecule has 2 N–H and O–H groups in total. The first kappa shape index (κ1) is 13.5. The maximum atomic E-state index is 10.9. The zero-order chi connectivity index (χ0) is 13.7. The zero-order valence-corrected chi connectivity index (χ0v) is 12.1. The molecule has 0 aliphatic rings. The van der Waals surface area contributed by atoms with Crippen LogP contribution in [0.15, 0.2) is 47.2 Å². The molecule has 1 aromatic carbocycles. The molecular formula is C14H14BrN3O. The van der Waals surface area contributed by atoms with Gasteiger partial charge in [0.2, 0.25) is 5.91 Å². The molecule has 0 saturated heterocycles. The second-order valence-electron chi connectivity index (χ2n) is 4.10. The summed E-state index contributed by atoms with van der Waals surface area (Å²) in [7, 11) is 0. The second kappa shape index (κ2) is 6.33. The molecule has 0 radical (unpaired) electrons. The molecule has 1 amide bonds. The van der Waals surface area contributed by atoms with E-state index in [-0.39, 0.29) is 5.91 Å². The van der Waals surface area contributed by atoms with Gasteiger partial charge in [0.1, 0.15) is 4.60 Å². The van der Waals surface area contributed by atoms with Gasteiger partial charge in [-0.3, -0.25) is 4.79 Å². The minimum absolute atomic E-state index is 0.0631. The van der Waals surface area contributed by atoms with Gasteiger partial charge in [0.25, 0.3) is 0 Å². The Kier molecular flexibility index (Phi) is 4.52. The second-order valence-corrected chi connectivity index (χ2v) is 4.91. The van der Waals surface area contributed by atoms with E-state index in [1.807, 2.05) is 36.4 Å². The zero-order valence-electron chi connectivity index (χ0n) is 10.5. The quantitative estimate of drug-likeness (QED) is 0.849. The molecule has 98 valence electrons. The van der Waals surface area contributed by atoms with Crippen LogP contribution in [0.4, 0.5) is 11.4 Å². The molecule has 0 aliphatic heterocycles. The van der Waals surface area contributed by atoms with Crippen molar-refractivity contribution in [2.75, 3.05) is 10.6 Å². The number of halogens is 1. The predicted molar refractivity (Wildman–Crippen MR) is 80.0 cm³/mol. The molecule has 0 bridgehead atoms. The molecule has 5 heteroatoms. The molecular weight excluding hydrogens is 306 g/mol. The van der Waals surface area contributed by atoms with Crippen LogP contribution in [0.1, 0.15) is 12.5 Å². The minimum Gasteiger partial charge on any atom is -0.380 e. The van der Waals surface area contributed by atoms with E-state index in [1.165, 1.54) is 6.92 Å². The standard InChI is InChI=1S/C14H14BrN3O/c1-10(19)18-12-4-2-11(3-5-12)8-16-13-6-7-14(15)17-9-13/h2-7,9,16H,8H2,1H3,(H,18,19). The molecule has 19 heavy (non-hydrogen) atoms. The van der Waals surface area contributed by atoms with E-state index in [1.54, 1.807) is 6.20 Å². The number of carbonyl (C=O) groups is 1. The molecule has 2 aromatic rings. The lowest BCUT2D eigenvalue weighted by molar-refractivity contribution is -0.114. The highest BCUT2D eigenvalue weighted by molar-refractivity contribution is 9.10. The maximum Gasteiger partial charge on any atom is 0.221 e. The van der Waals surface area contributed by atoms with Crippen LogP contribution in [0, 0.1) is 0 Å². The first-order chi connectivity index (χ1) is 9.13. The fourth-order valence-corrected chi connectivity index (χ4v) is 1.83. The largest absolute Gasteiger partial charge is 0.380 e. The third-order valence-corrected chi connectivity index (χ3v) is 2.97. The molecule has 0 fully saturated rings. The van der Waals surface area contributed by atoms with Gasteiger partial charge in [-0.25, -0.2) is 4.98 Å². The summed E-state index contributed by atoms with van der Waals surface area (Å²) in [6.07, 6.45) is 1.77. The summed E-state index contributed by atoms with van der Waals surface area (Å²) < 4.78 is 0.817. The van der Waals surface area contributed by atoms with Gasteiger partial charge in [-0.2, -0.15) is 0 Å². The summed E-state index contributed by atoms with van der Waals surface area (Å²) in [5.74, 6) is -0.0631. The van der Waals surface area contributed by atoms with Crippen LogP contribution < -0.4 is 10.6 Å². The highest BCUT2D eigenvalue weighted by Gasteiger charge is 1.97. The lowest BCUT2D eigenvalue weighted by Crippen LogP contribution is -2.06. The van der Waals surface area contributed by atoms with Gasteiger partial charge in [0, 0.05) is 19.2 Å². The van der Waals surface area contributed by atoms with E-state index in [0.29, 0.717) is 6.54 Å². The van der Waals surface area contributed by atoms with Crippen molar-refractivity contribution in [2.45, 2.75) is 13.5 Å². The van der Waals surface area contributed by atoms with Crippen molar-refractivity contribution in [2.24, 2.45) is 0 Å². The number of pyridine rings is 1. The van der Waals surface area contributed by atoms with Crippen molar-refractivity contribution in [3.05, 3.63) is 52.8 Å². The van der Waals surface area contributed by atoms with Crippen molar-refractivity contribution in [3.8, 4) is 0 Å². The number of hydrogen-bond acceptors (Lipinski definition) is 3. The molecule has 1 heterocycles. The van der Waals surface area contributed by atoms with E-state index in [4.69, 9.17) is 0 Å². The van der Waals surface area contributed by atoms with Gasteiger partial charge < -0.3 is 10.6 Å². The number of nitrogens with zero attached hydrogens (tertiary/aromatic N) is 1. The monoisotopic (exact) mass is 319 g/mol. The highest BCUT2D eigenvalue weighted by Crippen LogP contribution is 2.13. The smallest absolute Gasteiger partial charge is 0.221 e. The van der Waals surface area contributed by atoms with Crippen LogP contribution in [0.3, 0.4) is 0 Å². The summed E-state index contributed by atoms with van der Waals surface area (Å²) >= 11 is 3.30. The van der Waals surface area contributed by atoms with Crippen LogP contribution in [-0.2, 0) is 11.3 Å². The van der Waals surface area contributed by atoms with Crippen molar-refractivity contribution in [3.63, 3.8) is 0 Å². The Labute approximate surface area is 120 Å².